The van der Waals surface area contributed by atoms with E-state index in [0.29, 0.717) is 19.8 Å². The van der Waals surface area contributed by atoms with Crippen molar-refractivity contribution in [1.29, 1.82) is 5.26 Å². The number of benzene rings is 1. The standard InChI is InChI=1S/C23H31N3O3/c1-25(23(17-24)10-3-2-4-11-23)22(27)16-26-12-5-7-19(26)18-8-9-20-21(15-18)29-14-6-13-28-20/h8-9,15,19H,2-7,10-14,16H2,1H3. The molecule has 156 valence electrons. The summed E-state index contributed by atoms with van der Waals surface area (Å²) >= 11 is 0. The molecule has 1 aliphatic carbocycles. The average Bonchev–Trinajstić information content (AvgIpc) is 3.08. The Morgan fingerprint density at radius 2 is 1.93 bits per heavy atom. The molecule has 0 bridgehead atoms. The maximum absolute atomic E-state index is 13.1. The minimum absolute atomic E-state index is 0.0506. The number of ether oxygens (including phenoxy) is 2. The van der Waals surface area contributed by atoms with Gasteiger partial charge in [-0.1, -0.05) is 25.3 Å². The summed E-state index contributed by atoms with van der Waals surface area (Å²) in [5.74, 6) is 1.66. The molecule has 0 radical (unpaired) electrons. The molecule has 3 aliphatic rings. The molecule has 1 aromatic carbocycles. The number of carbonyl (C=O) groups excluding carboxylic acids is 1. The van der Waals surface area contributed by atoms with Crippen molar-refractivity contribution in [2.45, 2.75) is 62.9 Å². The first-order valence-corrected chi connectivity index (χ1v) is 10.9. The Hall–Kier alpha value is -2.26. The fourth-order valence-corrected chi connectivity index (χ4v) is 4.96. The number of likely N-dealkylation sites (N-methyl/N-ethyl adjacent to an activating group) is 1. The number of hydrogen-bond donors (Lipinski definition) is 0. The topological polar surface area (TPSA) is 65.8 Å². The fourth-order valence-electron chi connectivity index (χ4n) is 4.96. The van der Waals surface area contributed by atoms with Gasteiger partial charge < -0.3 is 14.4 Å². The van der Waals surface area contributed by atoms with Gasteiger partial charge in [0.15, 0.2) is 11.5 Å². The van der Waals surface area contributed by atoms with Crippen molar-refractivity contribution in [2.75, 3.05) is 33.4 Å². The lowest BCUT2D eigenvalue weighted by molar-refractivity contribution is -0.136. The lowest BCUT2D eigenvalue weighted by atomic mass is 9.81. The zero-order valence-corrected chi connectivity index (χ0v) is 17.4. The van der Waals surface area contributed by atoms with Gasteiger partial charge in [0.1, 0.15) is 5.54 Å². The van der Waals surface area contributed by atoms with Gasteiger partial charge in [0.2, 0.25) is 5.91 Å². The van der Waals surface area contributed by atoms with Crippen LogP contribution in [0.2, 0.25) is 0 Å². The first-order valence-electron chi connectivity index (χ1n) is 10.9. The molecule has 1 saturated carbocycles. The predicted octanol–water partition coefficient (Wildman–Crippen LogP) is 3.67. The minimum Gasteiger partial charge on any atom is -0.490 e. The Morgan fingerprint density at radius 1 is 1.17 bits per heavy atom. The second kappa shape index (κ2) is 8.62. The van der Waals surface area contributed by atoms with Gasteiger partial charge in [-0.25, -0.2) is 0 Å². The zero-order chi connectivity index (χ0) is 20.3. The van der Waals surface area contributed by atoms with Crippen LogP contribution in [0.1, 0.15) is 63.0 Å². The summed E-state index contributed by atoms with van der Waals surface area (Å²) in [6, 6.07) is 8.84. The number of amides is 1. The van der Waals surface area contributed by atoms with Crippen LogP contribution >= 0.6 is 0 Å². The smallest absolute Gasteiger partial charge is 0.237 e. The van der Waals surface area contributed by atoms with E-state index >= 15 is 0 Å². The van der Waals surface area contributed by atoms with Crippen LogP contribution in [0.5, 0.6) is 11.5 Å². The molecule has 6 nitrogen and oxygen atoms in total. The third-order valence-corrected chi connectivity index (χ3v) is 6.76. The Kier molecular flexibility index (Phi) is 5.96. The Bertz CT molecular complexity index is 782. The average molecular weight is 398 g/mol. The molecule has 1 saturated heterocycles. The van der Waals surface area contributed by atoms with Crippen molar-refractivity contribution >= 4 is 5.91 Å². The van der Waals surface area contributed by atoms with Gasteiger partial charge in [-0.05, 0) is 49.9 Å². The molecule has 1 unspecified atom stereocenters. The van der Waals surface area contributed by atoms with Crippen LogP contribution in [0.3, 0.4) is 0 Å². The molecule has 0 N–H and O–H groups in total. The molecule has 2 heterocycles. The lowest BCUT2D eigenvalue weighted by Crippen LogP contribution is -2.52. The van der Waals surface area contributed by atoms with Crippen LogP contribution in [0.25, 0.3) is 0 Å². The molecular weight excluding hydrogens is 366 g/mol. The van der Waals surface area contributed by atoms with Gasteiger partial charge in [0.25, 0.3) is 0 Å². The van der Waals surface area contributed by atoms with E-state index in [4.69, 9.17) is 9.47 Å². The monoisotopic (exact) mass is 397 g/mol. The molecule has 1 aromatic rings. The molecule has 6 heteroatoms. The molecule has 4 rings (SSSR count). The summed E-state index contributed by atoms with van der Waals surface area (Å²) in [5, 5.41) is 9.80. The van der Waals surface area contributed by atoms with E-state index < -0.39 is 5.54 Å². The first kappa shape index (κ1) is 20.0. The molecule has 29 heavy (non-hydrogen) atoms. The Morgan fingerprint density at radius 3 is 2.69 bits per heavy atom. The first-order chi connectivity index (χ1) is 14.1. The van der Waals surface area contributed by atoms with Crippen molar-refractivity contribution < 1.29 is 14.3 Å². The minimum atomic E-state index is -0.625. The number of likely N-dealkylation sites (tertiary alicyclic amines) is 1. The second-order valence-electron chi connectivity index (χ2n) is 8.54. The zero-order valence-electron chi connectivity index (χ0n) is 17.4. The SMILES string of the molecule is CN(C(=O)CN1CCCC1c1ccc2c(c1)OCCCO2)C1(C#N)CCCCC1. The van der Waals surface area contributed by atoms with E-state index in [1.807, 2.05) is 13.1 Å². The maximum atomic E-state index is 13.1. The van der Waals surface area contributed by atoms with Crippen LogP contribution in [0.15, 0.2) is 18.2 Å². The van der Waals surface area contributed by atoms with Gasteiger partial charge >= 0.3 is 0 Å². The van der Waals surface area contributed by atoms with Crippen LogP contribution in [-0.4, -0.2) is 54.6 Å². The highest BCUT2D eigenvalue weighted by molar-refractivity contribution is 5.79. The highest BCUT2D eigenvalue weighted by Crippen LogP contribution is 2.38. The van der Waals surface area contributed by atoms with Crippen LogP contribution in [0.4, 0.5) is 0 Å². The largest absolute Gasteiger partial charge is 0.490 e. The highest BCUT2D eigenvalue weighted by Gasteiger charge is 2.40. The van der Waals surface area contributed by atoms with E-state index in [9.17, 15) is 10.1 Å². The number of nitriles is 1. The van der Waals surface area contributed by atoms with Crippen molar-refractivity contribution in [2.24, 2.45) is 0 Å². The summed E-state index contributed by atoms with van der Waals surface area (Å²) in [4.78, 5) is 17.1. The third kappa shape index (κ3) is 4.06. The van der Waals surface area contributed by atoms with Gasteiger partial charge in [0.05, 0.1) is 25.8 Å². The molecule has 1 atom stereocenters. The Labute approximate surface area is 173 Å². The molecule has 2 aliphatic heterocycles. The summed E-state index contributed by atoms with van der Waals surface area (Å²) in [6.45, 7) is 2.62. The van der Waals surface area contributed by atoms with Crippen LogP contribution < -0.4 is 9.47 Å². The van der Waals surface area contributed by atoms with Gasteiger partial charge in [-0.15, -0.1) is 0 Å². The van der Waals surface area contributed by atoms with Crippen molar-refractivity contribution in [3.8, 4) is 17.6 Å². The number of nitrogens with zero attached hydrogens (tertiary/aromatic N) is 3. The lowest BCUT2D eigenvalue weighted by Gasteiger charge is -2.40. The number of fused-ring (bicyclic) bond motifs is 1. The highest BCUT2D eigenvalue weighted by atomic mass is 16.5. The normalized spacial score (nSPS) is 23.8. The Balaban J connectivity index is 1.47. The van der Waals surface area contributed by atoms with E-state index in [2.05, 4.69) is 23.1 Å². The fraction of sp³-hybridized carbons (Fsp3) is 0.652. The number of rotatable bonds is 4. The molecule has 0 spiro atoms. The quantitative estimate of drug-likeness (QED) is 0.776. The summed E-state index contributed by atoms with van der Waals surface area (Å²) in [7, 11) is 1.82. The third-order valence-electron chi connectivity index (χ3n) is 6.76. The van der Waals surface area contributed by atoms with E-state index in [0.717, 1.165) is 69.4 Å². The number of carbonyl (C=O) groups is 1. The van der Waals surface area contributed by atoms with Gasteiger partial charge in [-0.2, -0.15) is 5.26 Å². The van der Waals surface area contributed by atoms with E-state index in [1.165, 1.54) is 5.56 Å². The van der Waals surface area contributed by atoms with Gasteiger partial charge in [-0.3, -0.25) is 9.69 Å². The van der Waals surface area contributed by atoms with Crippen molar-refractivity contribution in [3.63, 3.8) is 0 Å². The molecule has 2 fully saturated rings. The van der Waals surface area contributed by atoms with Gasteiger partial charge in [0, 0.05) is 19.5 Å². The van der Waals surface area contributed by atoms with Crippen molar-refractivity contribution in [3.05, 3.63) is 23.8 Å². The van der Waals surface area contributed by atoms with E-state index in [1.54, 1.807) is 4.90 Å². The predicted molar refractivity (Wildman–Crippen MR) is 110 cm³/mol. The summed E-state index contributed by atoms with van der Waals surface area (Å²) in [6.07, 6.45) is 7.77. The molecule has 1 amide bonds. The molecule has 0 aromatic heterocycles. The van der Waals surface area contributed by atoms with Crippen molar-refractivity contribution in [1.82, 2.24) is 9.80 Å². The second-order valence-corrected chi connectivity index (χ2v) is 8.54. The number of hydrogen-bond acceptors (Lipinski definition) is 5. The molecular formula is C23H31N3O3. The maximum Gasteiger partial charge on any atom is 0.237 e. The van der Waals surface area contributed by atoms with Crippen LogP contribution in [0, 0.1) is 11.3 Å². The van der Waals surface area contributed by atoms with E-state index in [-0.39, 0.29) is 11.9 Å². The summed E-state index contributed by atoms with van der Waals surface area (Å²) < 4.78 is 11.6. The summed E-state index contributed by atoms with van der Waals surface area (Å²) in [5.41, 5.74) is 0.551. The van der Waals surface area contributed by atoms with Crippen LogP contribution in [-0.2, 0) is 4.79 Å².